The van der Waals surface area contributed by atoms with Crippen molar-refractivity contribution in [1.82, 2.24) is 4.98 Å². The molecule has 0 fully saturated rings. The normalized spacial score (nSPS) is 11.5. The minimum absolute atomic E-state index is 0.308. The molecule has 0 saturated carbocycles. The van der Waals surface area contributed by atoms with E-state index in [2.05, 4.69) is 4.98 Å². The van der Waals surface area contributed by atoms with Gasteiger partial charge in [-0.05, 0) is 6.92 Å². The van der Waals surface area contributed by atoms with E-state index in [9.17, 15) is 9.36 Å². The number of ketones is 1. The van der Waals surface area contributed by atoms with Crippen molar-refractivity contribution < 1.29 is 19.1 Å². The monoisotopic (exact) mass is 297 g/mol. The predicted octanol–water partition coefficient (Wildman–Crippen LogP) is 2.48. The number of rotatable bonds is 4. The molecule has 0 spiro atoms. The average Bonchev–Trinajstić information content (AvgIpc) is 2.70. The summed E-state index contributed by atoms with van der Waals surface area (Å²) in [6, 6.07) is 9.35. The summed E-state index contributed by atoms with van der Waals surface area (Å²) in [6.45, 7) is 1.66. The van der Waals surface area contributed by atoms with Gasteiger partial charge < -0.3 is 9.79 Å². The van der Waals surface area contributed by atoms with Crippen LogP contribution in [0.2, 0.25) is 0 Å². The van der Waals surface area contributed by atoms with Gasteiger partial charge in [-0.3, -0.25) is 9.36 Å². The summed E-state index contributed by atoms with van der Waals surface area (Å²) >= 11 is 1.16. The van der Waals surface area contributed by atoms with Gasteiger partial charge in [0, 0.05) is 5.56 Å². The zero-order valence-electron chi connectivity index (χ0n) is 10.1. The Hall–Kier alpha value is -1.33. The molecular formula is C12H12NO4PS. The Morgan fingerprint density at radius 3 is 2.53 bits per heavy atom. The maximum atomic E-state index is 11.8. The molecule has 0 amide bonds. The molecule has 0 unspecified atom stereocenters. The third kappa shape index (κ3) is 3.58. The number of thiazole rings is 1. The highest BCUT2D eigenvalue weighted by Gasteiger charge is 2.24. The summed E-state index contributed by atoms with van der Waals surface area (Å²) in [5.41, 5.74) is 1.38. The smallest absolute Gasteiger partial charge is 0.324 e. The van der Waals surface area contributed by atoms with Crippen molar-refractivity contribution in [1.29, 1.82) is 0 Å². The number of carbonyl (C=O) groups is 1. The quantitative estimate of drug-likeness (QED) is 0.668. The summed E-state index contributed by atoms with van der Waals surface area (Å²) < 4.78 is 10.9. The van der Waals surface area contributed by atoms with Crippen molar-refractivity contribution in [2.75, 3.05) is 6.16 Å². The molecule has 0 saturated heterocycles. The van der Waals surface area contributed by atoms with Crippen LogP contribution >= 0.6 is 18.9 Å². The topological polar surface area (TPSA) is 87.5 Å². The molecule has 5 nitrogen and oxygen atoms in total. The van der Waals surface area contributed by atoms with Crippen LogP contribution in [0, 0.1) is 6.92 Å². The fourth-order valence-corrected chi connectivity index (χ4v) is 3.27. The van der Waals surface area contributed by atoms with Crippen molar-refractivity contribution >= 4 is 24.7 Å². The van der Waals surface area contributed by atoms with E-state index < -0.39 is 19.5 Å². The summed E-state index contributed by atoms with van der Waals surface area (Å²) in [4.78, 5) is 34.1. The van der Waals surface area contributed by atoms with Gasteiger partial charge in [-0.25, -0.2) is 4.98 Å². The highest BCUT2D eigenvalue weighted by molar-refractivity contribution is 7.53. The van der Waals surface area contributed by atoms with E-state index in [4.69, 9.17) is 9.79 Å². The zero-order valence-corrected chi connectivity index (χ0v) is 11.8. The Kier molecular flexibility index (Phi) is 3.96. The van der Waals surface area contributed by atoms with E-state index >= 15 is 0 Å². The van der Waals surface area contributed by atoms with Gasteiger partial charge in [0.05, 0.1) is 10.6 Å². The largest absolute Gasteiger partial charge is 0.333 e. The SMILES string of the molecule is Cc1nc(-c2ccccc2)sc1C(=O)CP(=O)(O)O. The van der Waals surface area contributed by atoms with Crippen molar-refractivity contribution in [3.8, 4) is 10.6 Å². The molecule has 0 aliphatic carbocycles. The lowest BCUT2D eigenvalue weighted by Crippen LogP contribution is -2.05. The fourth-order valence-electron chi connectivity index (χ4n) is 1.62. The van der Waals surface area contributed by atoms with Gasteiger partial charge in [-0.2, -0.15) is 0 Å². The highest BCUT2D eigenvalue weighted by atomic mass is 32.1. The second kappa shape index (κ2) is 5.35. The van der Waals surface area contributed by atoms with Gasteiger partial charge in [0.25, 0.3) is 0 Å². The maximum absolute atomic E-state index is 11.8. The molecule has 19 heavy (non-hydrogen) atoms. The minimum atomic E-state index is -4.34. The predicted molar refractivity (Wildman–Crippen MR) is 73.5 cm³/mol. The van der Waals surface area contributed by atoms with Crippen LogP contribution in [0.3, 0.4) is 0 Å². The van der Waals surface area contributed by atoms with Crippen molar-refractivity contribution in [3.05, 3.63) is 40.9 Å². The van der Waals surface area contributed by atoms with Crippen molar-refractivity contribution in [3.63, 3.8) is 0 Å². The van der Waals surface area contributed by atoms with E-state index in [1.54, 1.807) is 6.92 Å². The molecule has 2 N–H and O–H groups in total. The standard InChI is InChI=1S/C12H12NO4PS/c1-8-11(10(14)7-18(15,16)17)19-12(13-8)9-5-3-2-4-6-9/h2-6H,7H2,1H3,(H2,15,16,17). The molecule has 1 aromatic heterocycles. The van der Waals surface area contributed by atoms with Crippen molar-refractivity contribution in [2.24, 2.45) is 0 Å². The minimum Gasteiger partial charge on any atom is -0.324 e. The van der Waals surface area contributed by atoms with Crippen LogP contribution in [0.1, 0.15) is 15.4 Å². The summed E-state index contributed by atoms with van der Waals surface area (Å²) in [5.74, 6) is -0.564. The van der Waals surface area contributed by atoms with Crippen LogP contribution in [0.4, 0.5) is 0 Å². The Morgan fingerprint density at radius 1 is 1.32 bits per heavy atom. The molecule has 7 heteroatoms. The van der Waals surface area contributed by atoms with E-state index in [1.807, 2.05) is 30.3 Å². The number of hydrogen-bond donors (Lipinski definition) is 2. The molecule has 2 rings (SSSR count). The Morgan fingerprint density at radius 2 is 1.95 bits per heavy atom. The van der Waals surface area contributed by atoms with Crippen LogP contribution in [-0.4, -0.2) is 26.7 Å². The molecule has 1 aromatic carbocycles. The molecule has 1 heterocycles. The molecular weight excluding hydrogens is 285 g/mol. The van der Waals surface area contributed by atoms with Crippen LogP contribution in [0.15, 0.2) is 30.3 Å². The van der Waals surface area contributed by atoms with Gasteiger partial charge in [0.15, 0.2) is 5.78 Å². The van der Waals surface area contributed by atoms with Crippen LogP contribution in [0.5, 0.6) is 0 Å². The molecule has 0 bridgehead atoms. The van der Waals surface area contributed by atoms with Gasteiger partial charge in [-0.1, -0.05) is 30.3 Å². The Balaban J connectivity index is 2.32. The second-order valence-corrected chi connectivity index (χ2v) is 6.69. The van der Waals surface area contributed by atoms with Crippen LogP contribution in [0.25, 0.3) is 10.6 Å². The molecule has 2 aromatic rings. The van der Waals surface area contributed by atoms with E-state index in [1.165, 1.54) is 0 Å². The maximum Gasteiger partial charge on any atom is 0.333 e. The molecule has 100 valence electrons. The molecule has 0 aliphatic rings. The number of nitrogens with zero attached hydrogens (tertiary/aromatic N) is 1. The number of aryl methyl sites for hydroxylation is 1. The first-order valence-electron chi connectivity index (χ1n) is 5.47. The van der Waals surface area contributed by atoms with E-state index in [0.29, 0.717) is 15.6 Å². The number of hydrogen-bond acceptors (Lipinski definition) is 4. The third-order valence-electron chi connectivity index (χ3n) is 2.42. The molecule has 0 atom stereocenters. The van der Waals surface area contributed by atoms with Gasteiger partial charge in [0.1, 0.15) is 11.2 Å². The first-order valence-corrected chi connectivity index (χ1v) is 8.09. The van der Waals surface area contributed by atoms with Crippen LogP contribution < -0.4 is 0 Å². The third-order valence-corrected chi connectivity index (χ3v) is 4.37. The van der Waals surface area contributed by atoms with Gasteiger partial charge in [0.2, 0.25) is 0 Å². The lowest BCUT2D eigenvalue weighted by Gasteiger charge is -2.00. The number of carbonyl (C=O) groups excluding carboxylic acids is 1. The van der Waals surface area contributed by atoms with E-state index in [0.717, 1.165) is 16.9 Å². The molecule has 0 radical (unpaired) electrons. The average molecular weight is 297 g/mol. The first-order chi connectivity index (χ1) is 8.87. The van der Waals surface area contributed by atoms with Crippen molar-refractivity contribution in [2.45, 2.75) is 6.92 Å². The van der Waals surface area contributed by atoms with Gasteiger partial charge >= 0.3 is 7.60 Å². The lowest BCUT2D eigenvalue weighted by molar-refractivity contribution is 0.101. The summed E-state index contributed by atoms with van der Waals surface area (Å²) in [6.07, 6.45) is -0.774. The Bertz CT molecular complexity index is 647. The zero-order chi connectivity index (χ0) is 14.0. The highest BCUT2D eigenvalue weighted by Crippen LogP contribution is 2.37. The lowest BCUT2D eigenvalue weighted by atomic mass is 10.2. The summed E-state index contributed by atoms with van der Waals surface area (Å²) in [5, 5.41) is 0.673. The summed E-state index contributed by atoms with van der Waals surface area (Å²) in [7, 11) is -4.34. The van der Waals surface area contributed by atoms with Crippen LogP contribution in [-0.2, 0) is 4.57 Å². The number of Topliss-reactive ketones (excluding diaryl/α,β-unsaturated/α-hetero) is 1. The Labute approximate surface area is 114 Å². The van der Waals surface area contributed by atoms with Gasteiger partial charge in [-0.15, -0.1) is 11.3 Å². The fraction of sp³-hybridized carbons (Fsp3) is 0.167. The first kappa shape index (κ1) is 14.1. The number of aromatic nitrogens is 1. The molecule has 0 aliphatic heterocycles. The number of benzene rings is 1. The second-order valence-electron chi connectivity index (χ2n) is 4.05. The van der Waals surface area contributed by atoms with E-state index in [-0.39, 0.29) is 0 Å².